The molecule has 9 heteroatoms. The number of halogens is 1. The fourth-order valence-electron chi connectivity index (χ4n) is 3.88. The van der Waals surface area contributed by atoms with Crippen molar-refractivity contribution < 1.29 is 4.43 Å². The molecule has 3 heterocycles. The molecule has 0 aliphatic carbocycles. The quantitative estimate of drug-likeness (QED) is 0.181. The molecule has 1 atom stereocenters. The van der Waals surface area contributed by atoms with Crippen LogP contribution in [0, 0.1) is 0 Å². The molecule has 0 saturated carbocycles. The van der Waals surface area contributed by atoms with E-state index >= 15 is 0 Å². The predicted molar refractivity (Wildman–Crippen MR) is 156 cm³/mol. The summed E-state index contributed by atoms with van der Waals surface area (Å²) in [6.07, 6.45) is 5.74. The van der Waals surface area contributed by atoms with Crippen LogP contribution in [-0.2, 0) is 6.42 Å². The summed E-state index contributed by atoms with van der Waals surface area (Å²) < 4.78 is 9.38. The Morgan fingerprint density at radius 3 is 2.77 bits per heavy atom. The van der Waals surface area contributed by atoms with E-state index in [1.165, 1.54) is 5.75 Å². The van der Waals surface area contributed by atoms with E-state index in [9.17, 15) is 0 Å². The Hall–Kier alpha value is -1.97. The van der Waals surface area contributed by atoms with Crippen LogP contribution < -0.4 is 15.5 Å². The Bertz CT molecular complexity index is 1240. The highest BCUT2D eigenvalue weighted by molar-refractivity contribution is 9.10. The number of aliphatic imine (C=N–C) groups is 1. The maximum absolute atomic E-state index is 6.64. The van der Waals surface area contributed by atoms with E-state index in [0.29, 0.717) is 11.9 Å². The molecule has 1 fully saturated rings. The number of anilines is 1. The second-order valence-electron chi connectivity index (χ2n) is 10.6. The normalized spacial score (nSPS) is 17.2. The lowest BCUT2D eigenvalue weighted by Gasteiger charge is -2.36. The maximum atomic E-state index is 6.64. The number of thioether (sulfide) groups is 1. The summed E-state index contributed by atoms with van der Waals surface area (Å²) in [6.45, 7) is 13.4. The number of nitrogens with zero attached hydrogens (tertiary/aromatic N) is 3. The fourth-order valence-corrected chi connectivity index (χ4v) is 6.46. The maximum Gasteiger partial charge on any atom is 0.250 e. The Morgan fingerprint density at radius 1 is 1.34 bits per heavy atom. The third kappa shape index (κ3) is 5.72. The summed E-state index contributed by atoms with van der Waals surface area (Å²) in [5.41, 5.74) is 11.4. The standard InChI is InChI=1S/C26H36BrN5OSSi/c1-7-17-12-20(33-35(5,6)26(2,3)4)8-9-22(17)31-25(28)21-14-29-32-15-18(27)13-23(32)24(21)30-19-10-11-34-16-19/h8-9,12-15,19,30H,7,10-11,16H2,1-6H3,(H2,28,31). The second-order valence-corrected chi connectivity index (χ2v) is 17.4. The number of nitrogens with one attached hydrogen (secondary N) is 1. The van der Waals surface area contributed by atoms with Crippen molar-refractivity contribution >= 4 is 58.7 Å². The second kappa shape index (κ2) is 10.2. The van der Waals surface area contributed by atoms with Crippen molar-refractivity contribution in [2.75, 3.05) is 16.8 Å². The lowest BCUT2D eigenvalue weighted by Crippen LogP contribution is -2.43. The van der Waals surface area contributed by atoms with E-state index in [4.69, 9.17) is 15.2 Å². The van der Waals surface area contributed by atoms with Crippen molar-refractivity contribution in [1.29, 1.82) is 0 Å². The first-order chi connectivity index (χ1) is 16.5. The van der Waals surface area contributed by atoms with Gasteiger partial charge in [0.1, 0.15) is 11.6 Å². The van der Waals surface area contributed by atoms with Crippen molar-refractivity contribution in [3.63, 3.8) is 0 Å². The van der Waals surface area contributed by atoms with E-state index in [1.54, 1.807) is 0 Å². The van der Waals surface area contributed by atoms with Crippen LogP contribution in [-0.4, -0.2) is 41.3 Å². The van der Waals surface area contributed by atoms with Crippen LogP contribution in [0.3, 0.4) is 0 Å². The summed E-state index contributed by atoms with van der Waals surface area (Å²) in [6, 6.07) is 8.64. The van der Waals surface area contributed by atoms with Gasteiger partial charge in [-0.3, -0.25) is 0 Å². The van der Waals surface area contributed by atoms with Gasteiger partial charge in [-0.25, -0.2) is 9.51 Å². The molecular formula is C26H36BrN5OSSi. The van der Waals surface area contributed by atoms with Gasteiger partial charge in [-0.15, -0.1) is 0 Å². The monoisotopic (exact) mass is 573 g/mol. The van der Waals surface area contributed by atoms with Crippen molar-refractivity contribution in [3.8, 4) is 5.75 Å². The fraction of sp³-hybridized carbons (Fsp3) is 0.462. The lowest BCUT2D eigenvalue weighted by molar-refractivity contribution is 0.492. The average molecular weight is 575 g/mol. The van der Waals surface area contributed by atoms with Gasteiger partial charge in [0.15, 0.2) is 0 Å². The molecule has 1 unspecified atom stereocenters. The van der Waals surface area contributed by atoms with Crippen LogP contribution in [0.25, 0.3) is 5.52 Å². The van der Waals surface area contributed by atoms with Crippen molar-refractivity contribution in [2.45, 2.75) is 64.7 Å². The third-order valence-corrected chi connectivity index (χ3v) is 13.0. The SMILES string of the molecule is CCc1cc(O[Si](C)(C)C(C)(C)C)ccc1/N=C(\N)c1cnn2cc(Br)cc2c1NC1CCSC1. The highest BCUT2D eigenvalue weighted by atomic mass is 79.9. The van der Waals surface area contributed by atoms with Gasteiger partial charge in [0.05, 0.1) is 28.7 Å². The van der Waals surface area contributed by atoms with Crippen LogP contribution in [0.4, 0.5) is 11.4 Å². The minimum absolute atomic E-state index is 0.140. The molecule has 3 aromatic rings. The summed E-state index contributed by atoms with van der Waals surface area (Å²) in [4.78, 5) is 4.88. The molecule has 188 valence electrons. The van der Waals surface area contributed by atoms with E-state index < -0.39 is 8.32 Å². The van der Waals surface area contributed by atoms with Gasteiger partial charge < -0.3 is 15.5 Å². The van der Waals surface area contributed by atoms with Crippen LogP contribution in [0.1, 0.15) is 45.2 Å². The van der Waals surface area contributed by atoms with Gasteiger partial charge >= 0.3 is 0 Å². The Labute approximate surface area is 222 Å². The van der Waals surface area contributed by atoms with Crippen LogP contribution in [0.5, 0.6) is 5.75 Å². The van der Waals surface area contributed by atoms with Gasteiger partial charge in [0, 0.05) is 22.5 Å². The van der Waals surface area contributed by atoms with E-state index in [-0.39, 0.29) is 5.04 Å². The molecule has 6 nitrogen and oxygen atoms in total. The molecule has 2 aromatic heterocycles. The summed E-state index contributed by atoms with van der Waals surface area (Å²) >= 11 is 5.56. The first kappa shape index (κ1) is 26.1. The zero-order valence-electron chi connectivity index (χ0n) is 21.5. The highest BCUT2D eigenvalue weighted by Gasteiger charge is 2.39. The number of aromatic nitrogens is 2. The third-order valence-electron chi connectivity index (χ3n) is 7.01. The zero-order chi connectivity index (χ0) is 25.4. The Balaban J connectivity index is 1.70. The molecular weight excluding hydrogens is 538 g/mol. The highest BCUT2D eigenvalue weighted by Crippen LogP contribution is 2.38. The predicted octanol–water partition coefficient (Wildman–Crippen LogP) is 7.00. The number of nitrogens with two attached hydrogens (primary N) is 1. The lowest BCUT2D eigenvalue weighted by atomic mass is 10.1. The number of rotatable bonds is 7. The largest absolute Gasteiger partial charge is 0.543 e. The van der Waals surface area contributed by atoms with Gasteiger partial charge in [-0.1, -0.05) is 27.7 Å². The number of hydrogen-bond acceptors (Lipinski definition) is 5. The topological polar surface area (TPSA) is 76.9 Å². The van der Waals surface area contributed by atoms with Gasteiger partial charge in [0.2, 0.25) is 8.32 Å². The minimum Gasteiger partial charge on any atom is -0.543 e. The van der Waals surface area contributed by atoms with Crippen molar-refractivity contribution in [3.05, 3.63) is 52.3 Å². The number of aryl methyl sites for hydroxylation is 1. The Kier molecular flexibility index (Phi) is 7.59. The number of hydrogen-bond donors (Lipinski definition) is 2. The molecule has 1 aromatic carbocycles. The molecule has 35 heavy (non-hydrogen) atoms. The number of fused-ring (bicyclic) bond motifs is 1. The minimum atomic E-state index is -1.92. The summed E-state index contributed by atoms with van der Waals surface area (Å²) in [7, 11) is -1.92. The molecule has 3 N–H and O–H groups in total. The number of benzene rings is 1. The molecule has 0 bridgehead atoms. The number of amidine groups is 1. The molecule has 1 saturated heterocycles. The van der Waals surface area contributed by atoms with E-state index in [2.05, 4.69) is 79.3 Å². The first-order valence-corrected chi connectivity index (χ1v) is 17.0. The van der Waals surface area contributed by atoms with Crippen molar-refractivity contribution in [2.24, 2.45) is 10.7 Å². The zero-order valence-corrected chi connectivity index (χ0v) is 24.9. The molecule has 0 spiro atoms. The van der Waals surface area contributed by atoms with Crippen LogP contribution in [0.15, 0.2) is 46.1 Å². The molecule has 1 aliphatic rings. The molecule has 1 aliphatic heterocycles. The van der Waals surface area contributed by atoms with E-state index in [0.717, 1.165) is 56.8 Å². The first-order valence-electron chi connectivity index (χ1n) is 12.2. The Morgan fingerprint density at radius 2 is 2.11 bits per heavy atom. The van der Waals surface area contributed by atoms with Crippen molar-refractivity contribution in [1.82, 2.24) is 9.61 Å². The van der Waals surface area contributed by atoms with Crippen LogP contribution >= 0.6 is 27.7 Å². The molecule has 4 rings (SSSR count). The smallest absolute Gasteiger partial charge is 0.250 e. The van der Waals surface area contributed by atoms with Gasteiger partial charge in [-0.2, -0.15) is 16.9 Å². The molecule has 0 amide bonds. The van der Waals surface area contributed by atoms with Gasteiger partial charge in [0.25, 0.3) is 0 Å². The van der Waals surface area contributed by atoms with E-state index in [1.807, 2.05) is 40.8 Å². The summed E-state index contributed by atoms with van der Waals surface area (Å²) in [5.74, 6) is 3.63. The van der Waals surface area contributed by atoms with Crippen LogP contribution in [0.2, 0.25) is 18.1 Å². The average Bonchev–Trinajstić information content (AvgIpc) is 3.42. The summed E-state index contributed by atoms with van der Waals surface area (Å²) in [5, 5.41) is 8.46. The molecule has 0 radical (unpaired) electrons. The van der Waals surface area contributed by atoms with Gasteiger partial charge in [-0.05, 0) is 82.5 Å².